The van der Waals surface area contributed by atoms with Crippen LogP contribution in [0.1, 0.15) is 23.1 Å². The number of nitrogens with zero attached hydrogens (tertiary/aromatic N) is 2. The number of pyridine rings is 1. The number of amides is 1. The minimum absolute atomic E-state index is 0.0379. The number of fused-ring (bicyclic) bond motifs is 3. The second kappa shape index (κ2) is 8.25. The molecule has 2 aromatic rings. The summed E-state index contributed by atoms with van der Waals surface area (Å²) < 4.78 is 0. The van der Waals surface area contributed by atoms with E-state index < -0.39 is 58.0 Å². The van der Waals surface area contributed by atoms with Crippen molar-refractivity contribution in [2.24, 2.45) is 17.6 Å². The van der Waals surface area contributed by atoms with E-state index in [1.54, 1.807) is 32.6 Å². The Morgan fingerprint density at radius 3 is 2.46 bits per heavy atom. The topological polar surface area (TPSA) is 174 Å². The maximum Gasteiger partial charge on any atom is 0.255 e. The molecule has 3 aliphatic rings. The maximum atomic E-state index is 13.9. The first-order valence-corrected chi connectivity index (χ1v) is 11.8. The van der Waals surface area contributed by atoms with Crippen LogP contribution in [0.5, 0.6) is 5.75 Å². The van der Waals surface area contributed by atoms with Crippen LogP contribution in [0.4, 0.5) is 0 Å². The summed E-state index contributed by atoms with van der Waals surface area (Å²) in [6, 6.07) is 3.85. The van der Waals surface area contributed by atoms with Crippen LogP contribution >= 0.6 is 0 Å². The number of rotatable bonds is 3. The molecule has 5 rings (SSSR count). The average molecular weight is 506 g/mol. The summed E-state index contributed by atoms with van der Waals surface area (Å²) in [7, 11) is 3.13. The van der Waals surface area contributed by atoms with Gasteiger partial charge in [-0.3, -0.25) is 24.3 Å². The van der Waals surface area contributed by atoms with Crippen LogP contribution in [0.25, 0.3) is 16.9 Å². The molecule has 0 bridgehead atoms. The van der Waals surface area contributed by atoms with Gasteiger partial charge in [-0.15, -0.1) is 0 Å². The van der Waals surface area contributed by atoms with Crippen LogP contribution in [-0.2, 0) is 20.8 Å². The fourth-order valence-electron chi connectivity index (χ4n) is 6.27. The van der Waals surface area contributed by atoms with E-state index in [1.807, 2.05) is 13.0 Å². The Morgan fingerprint density at radius 1 is 1.14 bits per heavy atom. The molecule has 4 unspecified atom stereocenters. The number of aromatic nitrogens is 1. The van der Waals surface area contributed by atoms with Crippen molar-refractivity contribution in [2.45, 2.75) is 31.4 Å². The fraction of sp³-hybridized carbons (Fsp3) is 0.333. The molecule has 10 heteroatoms. The van der Waals surface area contributed by atoms with Gasteiger partial charge in [-0.25, -0.2) is 0 Å². The summed E-state index contributed by atoms with van der Waals surface area (Å²) in [6.45, 7) is 1.89. The number of hydrogen-bond donors (Lipinski definition) is 5. The van der Waals surface area contributed by atoms with Gasteiger partial charge in [0.05, 0.1) is 11.6 Å². The third-order valence-corrected chi connectivity index (χ3v) is 7.91. The van der Waals surface area contributed by atoms with Crippen molar-refractivity contribution >= 4 is 23.2 Å². The van der Waals surface area contributed by atoms with Gasteiger partial charge in [0, 0.05) is 23.9 Å². The van der Waals surface area contributed by atoms with E-state index >= 15 is 0 Å². The number of aryl methyl sites for hydroxylation is 1. The van der Waals surface area contributed by atoms with E-state index in [2.05, 4.69) is 4.98 Å². The summed E-state index contributed by atoms with van der Waals surface area (Å²) in [5.74, 6) is -6.69. The predicted octanol–water partition coefficient (Wildman–Crippen LogP) is 1.33. The van der Waals surface area contributed by atoms with Gasteiger partial charge in [-0.05, 0) is 74.2 Å². The first-order valence-electron chi connectivity index (χ1n) is 11.8. The van der Waals surface area contributed by atoms with Crippen molar-refractivity contribution in [2.75, 3.05) is 14.1 Å². The van der Waals surface area contributed by atoms with Gasteiger partial charge in [0.15, 0.2) is 11.4 Å². The molecule has 1 aromatic heterocycles. The van der Waals surface area contributed by atoms with Gasteiger partial charge in [-0.1, -0.05) is 6.07 Å². The monoisotopic (exact) mass is 505 g/mol. The molecule has 0 spiro atoms. The second-order valence-corrected chi connectivity index (χ2v) is 10.1. The number of likely N-dealkylation sites (N-methyl/N-ethyl adjacent to an activating group) is 1. The van der Waals surface area contributed by atoms with Gasteiger partial charge in [-0.2, -0.15) is 0 Å². The number of aliphatic hydroxyl groups excluding tert-OH is 2. The third kappa shape index (κ3) is 3.25. The Kier molecular flexibility index (Phi) is 5.50. The number of primary amides is 1. The number of Topliss-reactive ketones (excluding diaryl/α,β-unsaturated/α-hetero) is 2. The number of phenolic OH excluding ortho intramolecular Hbond substituents is 1. The normalized spacial score (nSPS) is 27.2. The first kappa shape index (κ1) is 24.7. The van der Waals surface area contributed by atoms with Crippen LogP contribution in [0.2, 0.25) is 0 Å². The molecular formula is C27H27N3O7. The van der Waals surface area contributed by atoms with Crippen LogP contribution in [0.15, 0.2) is 47.5 Å². The SMILES string of the molecule is Cc1cnccc1-c1ccc(O)c2c1CC1CC3C(N(C)C)C(=O)C(C(N)=O)=C(O)C3(O)C(=O)C1=C2O. The molecule has 1 amide bonds. The van der Waals surface area contributed by atoms with E-state index in [4.69, 9.17) is 5.73 Å². The van der Waals surface area contributed by atoms with Crippen molar-refractivity contribution in [1.29, 1.82) is 0 Å². The zero-order chi connectivity index (χ0) is 27.0. The maximum absolute atomic E-state index is 13.9. The van der Waals surface area contributed by atoms with Gasteiger partial charge in [0.2, 0.25) is 5.78 Å². The number of phenols is 1. The molecule has 192 valence electrons. The number of ketones is 2. The van der Waals surface area contributed by atoms with Crippen LogP contribution < -0.4 is 5.73 Å². The number of aromatic hydroxyl groups is 1. The highest BCUT2D eigenvalue weighted by molar-refractivity contribution is 6.24. The zero-order valence-corrected chi connectivity index (χ0v) is 20.5. The molecule has 3 aliphatic carbocycles. The highest BCUT2D eigenvalue weighted by atomic mass is 16.3. The first-order chi connectivity index (χ1) is 17.4. The van der Waals surface area contributed by atoms with E-state index in [0.29, 0.717) is 5.56 Å². The average Bonchev–Trinajstić information content (AvgIpc) is 2.82. The van der Waals surface area contributed by atoms with Crippen LogP contribution in [0, 0.1) is 18.8 Å². The van der Waals surface area contributed by atoms with Crippen molar-refractivity contribution in [1.82, 2.24) is 9.88 Å². The Morgan fingerprint density at radius 2 is 1.84 bits per heavy atom. The molecule has 4 atom stereocenters. The minimum atomic E-state index is -2.65. The molecule has 1 heterocycles. The fourth-order valence-corrected chi connectivity index (χ4v) is 6.27. The van der Waals surface area contributed by atoms with Crippen LogP contribution in [-0.4, -0.2) is 73.5 Å². The summed E-state index contributed by atoms with van der Waals surface area (Å²) >= 11 is 0. The van der Waals surface area contributed by atoms with Gasteiger partial charge >= 0.3 is 0 Å². The lowest BCUT2D eigenvalue weighted by atomic mass is 9.57. The molecule has 0 radical (unpaired) electrons. The van der Waals surface area contributed by atoms with E-state index in [1.165, 1.54) is 11.0 Å². The summed E-state index contributed by atoms with van der Waals surface area (Å²) in [5.41, 5.74) is 4.81. The molecule has 37 heavy (non-hydrogen) atoms. The number of carbonyl (C=O) groups excluding carboxylic acids is 3. The third-order valence-electron chi connectivity index (χ3n) is 7.91. The van der Waals surface area contributed by atoms with Gasteiger partial charge < -0.3 is 26.2 Å². The lowest BCUT2D eigenvalue weighted by Crippen LogP contribution is -2.65. The number of hydrogen-bond acceptors (Lipinski definition) is 9. The second-order valence-electron chi connectivity index (χ2n) is 10.1. The van der Waals surface area contributed by atoms with E-state index in [-0.39, 0.29) is 29.7 Å². The molecule has 0 aliphatic heterocycles. The molecule has 1 fully saturated rings. The van der Waals surface area contributed by atoms with Crippen LogP contribution in [0.3, 0.4) is 0 Å². The lowest BCUT2D eigenvalue weighted by molar-refractivity contribution is -0.153. The Labute approximate surface area is 212 Å². The number of carbonyl (C=O) groups is 3. The molecule has 1 saturated carbocycles. The number of aliphatic hydroxyl groups is 3. The van der Waals surface area contributed by atoms with Crippen molar-refractivity contribution in [3.8, 4) is 16.9 Å². The number of benzene rings is 1. The molecule has 1 aromatic carbocycles. The lowest BCUT2D eigenvalue weighted by Gasteiger charge is -2.50. The summed E-state index contributed by atoms with van der Waals surface area (Å²) in [6.07, 6.45) is 3.59. The molecule has 6 N–H and O–H groups in total. The molecule has 0 saturated heterocycles. The van der Waals surface area contributed by atoms with E-state index in [0.717, 1.165) is 16.7 Å². The predicted molar refractivity (Wildman–Crippen MR) is 132 cm³/mol. The highest BCUT2D eigenvalue weighted by Gasteiger charge is 2.64. The quantitative estimate of drug-likeness (QED) is 0.386. The largest absolute Gasteiger partial charge is 0.508 e. The highest BCUT2D eigenvalue weighted by Crippen LogP contribution is 2.53. The van der Waals surface area contributed by atoms with Crippen molar-refractivity contribution in [3.05, 3.63) is 64.2 Å². The zero-order valence-electron chi connectivity index (χ0n) is 20.5. The summed E-state index contributed by atoms with van der Waals surface area (Å²) in [4.78, 5) is 44.7. The summed E-state index contributed by atoms with van der Waals surface area (Å²) in [5, 5.41) is 44.6. The van der Waals surface area contributed by atoms with Gasteiger partial charge in [0.25, 0.3) is 5.91 Å². The van der Waals surface area contributed by atoms with Gasteiger partial charge in [0.1, 0.15) is 22.8 Å². The Bertz CT molecular complexity index is 1460. The Hall–Kier alpha value is -4.02. The minimum Gasteiger partial charge on any atom is -0.508 e. The smallest absolute Gasteiger partial charge is 0.255 e. The molecular weight excluding hydrogens is 478 g/mol. The Balaban J connectivity index is 1.76. The standard InChI is InChI=1S/C27H27N3O7/c1-11-10-29-7-6-13(11)14-4-5-17(31)19-15(14)8-12-9-16-21(30(2)3)23(33)20(26(28)36)25(35)27(16,37)24(34)18(12)22(19)32/h4-7,10,12,16,21,31-32,35,37H,8-9H2,1-3H3,(H2,28,36). The molecule has 10 nitrogen and oxygen atoms in total. The van der Waals surface area contributed by atoms with E-state index in [9.17, 15) is 34.8 Å². The number of nitrogens with two attached hydrogens (primary N) is 1. The van der Waals surface area contributed by atoms with Crippen molar-refractivity contribution < 1.29 is 34.8 Å². The van der Waals surface area contributed by atoms with Crippen molar-refractivity contribution in [3.63, 3.8) is 0 Å².